The summed E-state index contributed by atoms with van der Waals surface area (Å²) in [5.41, 5.74) is 2.03. The number of halogens is 1. The first-order valence-corrected chi connectivity index (χ1v) is 11.2. The van der Waals surface area contributed by atoms with Crippen LogP contribution < -0.4 is 20.3 Å². The summed E-state index contributed by atoms with van der Waals surface area (Å²) in [7, 11) is 3.12. The maximum Gasteiger partial charge on any atom is 0.264 e. The summed E-state index contributed by atoms with van der Waals surface area (Å²) in [5.74, 6) is 0.945. The largest absolute Gasteiger partial charge is 0.493 e. The van der Waals surface area contributed by atoms with E-state index < -0.39 is 0 Å². The summed E-state index contributed by atoms with van der Waals surface area (Å²) in [6.07, 6.45) is 6.13. The Kier molecular flexibility index (Phi) is 7.47. The van der Waals surface area contributed by atoms with Crippen LogP contribution in [0.15, 0.2) is 65.9 Å². The number of aromatic nitrogens is 4. The Bertz CT molecular complexity index is 1430. The van der Waals surface area contributed by atoms with Gasteiger partial charge in [-0.1, -0.05) is 29.8 Å². The lowest BCUT2D eigenvalue weighted by Crippen LogP contribution is -2.26. The van der Waals surface area contributed by atoms with Crippen molar-refractivity contribution in [2.45, 2.75) is 13.1 Å². The van der Waals surface area contributed by atoms with Crippen LogP contribution in [-0.2, 0) is 17.9 Å². The molecule has 35 heavy (non-hydrogen) atoms. The van der Waals surface area contributed by atoms with Crippen molar-refractivity contribution in [3.63, 3.8) is 0 Å². The summed E-state index contributed by atoms with van der Waals surface area (Å²) in [6, 6.07) is 12.7. The third-order valence-electron chi connectivity index (χ3n) is 5.35. The topological polar surface area (TPSA) is 100 Å². The number of amides is 1. The van der Waals surface area contributed by atoms with Crippen molar-refractivity contribution in [1.29, 1.82) is 0 Å². The van der Waals surface area contributed by atoms with Gasteiger partial charge < -0.3 is 14.8 Å². The van der Waals surface area contributed by atoms with Gasteiger partial charge in [-0.2, -0.15) is 5.10 Å². The van der Waals surface area contributed by atoms with E-state index in [1.54, 1.807) is 49.2 Å². The van der Waals surface area contributed by atoms with Crippen molar-refractivity contribution in [1.82, 2.24) is 24.6 Å². The minimum absolute atomic E-state index is 0.182. The number of hydrogen-bond acceptors (Lipinski definition) is 6. The van der Waals surface area contributed by atoms with Crippen LogP contribution >= 0.6 is 11.6 Å². The van der Waals surface area contributed by atoms with Gasteiger partial charge in [-0.25, -0.2) is 9.67 Å². The monoisotopic (exact) mass is 493 g/mol. The molecule has 0 bridgehead atoms. The maximum atomic E-state index is 12.8. The second kappa shape index (κ2) is 10.9. The Morgan fingerprint density at radius 2 is 1.89 bits per heavy atom. The number of nitrogens with one attached hydrogen (secondary N) is 1. The molecule has 0 spiro atoms. The standard InChI is InChI=1S/C25H24ClN5O4/c1-34-21-9-5-17(13-22(21)35-2)6-10-23(32)27-11-12-31-24-20(14-29-31)25(33)30(16-28-24)15-18-3-7-19(26)8-4-18/h3-10,13-14,16H,11-12,15H2,1-2H3,(H,27,32)/b10-6-. The van der Waals surface area contributed by atoms with Gasteiger partial charge in [0.15, 0.2) is 17.1 Å². The van der Waals surface area contributed by atoms with E-state index in [1.165, 1.54) is 23.2 Å². The molecule has 1 N–H and O–H groups in total. The summed E-state index contributed by atoms with van der Waals surface area (Å²) in [4.78, 5) is 29.5. The lowest BCUT2D eigenvalue weighted by Gasteiger charge is -2.08. The highest BCUT2D eigenvalue weighted by Gasteiger charge is 2.11. The lowest BCUT2D eigenvalue weighted by molar-refractivity contribution is -0.116. The predicted molar refractivity (Wildman–Crippen MR) is 134 cm³/mol. The van der Waals surface area contributed by atoms with Gasteiger partial charge in [-0.05, 0) is 41.5 Å². The number of carbonyl (C=O) groups is 1. The Balaban J connectivity index is 1.36. The van der Waals surface area contributed by atoms with Crippen LogP contribution in [0.25, 0.3) is 17.1 Å². The average Bonchev–Trinajstić information content (AvgIpc) is 3.29. The maximum absolute atomic E-state index is 12.8. The predicted octanol–water partition coefficient (Wildman–Crippen LogP) is 3.14. The van der Waals surface area contributed by atoms with E-state index in [9.17, 15) is 9.59 Å². The van der Waals surface area contributed by atoms with Crippen molar-refractivity contribution in [2.75, 3.05) is 20.8 Å². The zero-order chi connectivity index (χ0) is 24.8. The fourth-order valence-corrected chi connectivity index (χ4v) is 3.66. The van der Waals surface area contributed by atoms with E-state index in [0.717, 1.165) is 11.1 Å². The Labute approximate surface area is 206 Å². The Morgan fingerprint density at radius 3 is 2.63 bits per heavy atom. The van der Waals surface area contributed by atoms with Gasteiger partial charge in [0, 0.05) is 17.6 Å². The molecule has 0 aliphatic rings. The number of fused-ring (bicyclic) bond motifs is 1. The molecule has 4 aromatic rings. The molecule has 0 saturated heterocycles. The SMILES string of the molecule is COc1ccc(/C=C\C(=O)NCCn2ncc3c(=O)n(Cc4ccc(Cl)cc4)cnc32)cc1OC. The van der Waals surface area contributed by atoms with E-state index >= 15 is 0 Å². The summed E-state index contributed by atoms with van der Waals surface area (Å²) in [5, 5.41) is 8.13. The molecule has 0 saturated carbocycles. The molecule has 2 aromatic carbocycles. The molecule has 2 aromatic heterocycles. The molecule has 10 heteroatoms. The number of ether oxygens (including phenoxy) is 2. The number of rotatable bonds is 9. The Morgan fingerprint density at radius 1 is 1.11 bits per heavy atom. The summed E-state index contributed by atoms with van der Waals surface area (Å²) < 4.78 is 13.6. The van der Waals surface area contributed by atoms with Gasteiger partial charge in [0.05, 0.1) is 33.5 Å². The number of hydrogen-bond donors (Lipinski definition) is 1. The van der Waals surface area contributed by atoms with Crippen LogP contribution in [0.5, 0.6) is 11.5 Å². The summed E-state index contributed by atoms with van der Waals surface area (Å²) in [6.45, 7) is 1.07. The van der Waals surface area contributed by atoms with Crippen molar-refractivity contribution >= 4 is 34.6 Å². The van der Waals surface area contributed by atoms with Crippen LogP contribution in [0.1, 0.15) is 11.1 Å². The molecule has 9 nitrogen and oxygen atoms in total. The first-order valence-electron chi connectivity index (χ1n) is 10.8. The molecule has 0 radical (unpaired) electrons. The fraction of sp³-hybridized carbons (Fsp3) is 0.200. The van der Waals surface area contributed by atoms with Gasteiger partial charge in [0.1, 0.15) is 11.7 Å². The van der Waals surface area contributed by atoms with E-state index in [2.05, 4.69) is 15.4 Å². The number of methoxy groups -OCH3 is 2. The second-order valence-electron chi connectivity index (χ2n) is 7.65. The lowest BCUT2D eigenvalue weighted by atomic mass is 10.2. The minimum Gasteiger partial charge on any atom is -0.493 e. The summed E-state index contributed by atoms with van der Waals surface area (Å²) >= 11 is 5.92. The van der Waals surface area contributed by atoms with Crippen molar-refractivity contribution in [3.05, 3.63) is 87.6 Å². The zero-order valence-corrected chi connectivity index (χ0v) is 20.0. The third kappa shape index (κ3) is 5.70. The van der Waals surface area contributed by atoms with Crippen LogP contribution in [0.3, 0.4) is 0 Å². The van der Waals surface area contributed by atoms with E-state index in [1.807, 2.05) is 18.2 Å². The van der Waals surface area contributed by atoms with E-state index in [-0.39, 0.29) is 11.5 Å². The third-order valence-corrected chi connectivity index (χ3v) is 5.60. The highest BCUT2D eigenvalue weighted by Crippen LogP contribution is 2.27. The second-order valence-corrected chi connectivity index (χ2v) is 8.08. The number of nitrogens with zero attached hydrogens (tertiary/aromatic N) is 4. The van der Waals surface area contributed by atoms with Gasteiger partial charge in [0.2, 0.25) is 5.91 Å². The molecule has 180 valence electrons. The molecule has 0 aliphatic carbocycles. The van der Waals surface area contributed by atoms with Gasteiger partial charge in [-0.3, -0.25) is 14.2 Å². The minimum atomic E-state index is -0.255. The van der Waals surface area contributed by atoms with Crippen molar-refractivity contribution < 1.29 is 14.3 Å². The van der Waals surface area contributed by atoms with Crippen molar-refractivity contribution in [2.24, 2.45) is 0 Å². The van der Waals surface area contributed by atoms with E-state index in [0.29, 0.717) is 47.2 Å². The molecule has 2 heterocycles. The van der Waals surface area contributed by atoms with Crippen LogP contribution in [0.4, 0.5) is 0 Å². The average molecular weight is 494 g/mol. The quantitative estimate of drug-likeness (QED) is 0.359. The normalized spacial score (nSPS) is 11.2. The van der Waals surface area contributed by atoms with Gasteiger partial charge >= 0.3 is 0 Å². The van der Waals surface area contributed by atoms with Crippen LogP contribution in [-0.4, -0.2) is 46.0 Å². The molecular weight excluding hydrogens is 470 g/mol. The number of benzene rings is 2. The molecule has 0 aliphatic heterocycles. The molecule has 0 atom stereocenters. The fourth-order valence-electron chi connectivity index (χ4n) is 3.53. The molecule has 0 fully saturated rings. The van der Waals surface area contributed by atoms with E-state index in [4.69, 9.17) is 21.1 Å². The number of carbonyl (C=O) groups excluding carboxylic acids is 1. The van der Waals surface area contributed by atoms with Gasteiger partial charge in [0.25, 0.3) is 5.56 Å². The Hall–Kier alpha value is -4.11. The van der Waals surface area contributed by atoms with Gasteiger partial charge in [-0.15, -0.1) is 0 Å². The zero-order valence-electron chi connectivity index (χ0n) is 19.3. The molecule has 4 rings (SSSR count). The van der Waals surface area contributed by atoms with Crippen molar-refractivity contribution in [3.8, 4) is 11.5 Å². The highest BCUT2D eigenvalue weighted by molar-refractivity contribution is 6.30. The highest BCUT2D eigenvalue weighted by atomic mass is 35.5. The first kappa shape index (κ1) is 24.0. The van der Waals surface area contributed by atoms with Crippen LogP contribution in [0, 0.1) is 0 Å². The molecule has 1 amide bonds. The molecule has 0 unspecified atom stereocenters. The first-order chi connectivity index (χ1) is 17.0. The molecular formula is C25H24ClN5O4. The van der Waals surface area contributed by atoms with Crippen LogP contribution in [0.2, 0.25) is 5.02 Å². The smallest absolute Gasteiger partial charge is 0.264 e.